The molecule has 4 rings (SSSR count). The highest BCUT2D eigenvalue weighted by molar-refractivity contribution is 7.13. The molecule has 1 atom stereocenters. The molecular weight excluding hydrogens is 362 g/mol. The fourth-order valence-electron chi connectivity index (χ4n) is 3.43. The molecule has 0 aliphatic carbocycles. The van der Waals surface area contributed by atoms with E-state index in [2.05, 4.69) is 15.4 Å². The van der Waals surface area contributed by atoms with Crippen LogP contribution in [-0.4, -0.2) is 50.7 Å². The van der Waals surface area contributed by atoms with E-state index in [1.165, 1.54) is 0 Å². The van der Waals surface area contributed by atoms with Crippen LogP contribution in [0.1, 0.15) is 18.4 Å². The van der Waals surface area contributed by atoms with Crippen LogP contribution in [0.4, 0.5) is 0 Å². The minimum absolute atomic E-state index is 0.105. The van der Waals surface area contributed by atoms with Crippen LogP contribution in [-0.2, 0) is 17.8 Å². The van der Waals surface area contributed by atoms with Crippen LogP contribution in [0.5, 0.6) is 5.75 Å². The van der Waals surface area contributed by atoms with Gasteiger partial charge in [0.2, 0.25) is 11.7 Å². The number of carbonyl (C=O) groups is 1. The van der Waals surface area contributed by atoms with Gasteiger partial charge < -0.3 is 9.64 Å². The number of thiophene rings is 1. The van der Waals surface area contributed by atoms with Crippen molar-refractivity contribution < 1.29 is 9.53 Å². The third kappa shape index (κ3) is 4.00. The average molecular weight is 383 g/mol. The van der Waals surface area contributed by atoms with E-state index in [1.54, 1.807) is 23.2 Å². The lowest BCUT2D eigenvalue weighted by Gasteiger charge is -2.24. The monoisotopic (exact) mass is 383 g/mol. The van der Waals surface area contributed by atoms with E-state index in [9.17, 15) is 4.79 Å². The van der Waals surface area contributed by atoms with E-state index in [-0.39, 0.29) is 11.9 Å². The van der Waals surface area contributed by atoms with E-state index in [0.717, 1.165) is 35.6 Å². The first kappa shape index (κ1) is 17.7. The maximum atomic E-state index is 12.8. The number of aromatic nitrogens is 4. The molecule has 0 spiro atoms. The minimum atomic E-state index is 0.105. The van der Waals surface area contributed by atoms with Crippen molar-refractivity contribution in [3.05, 3.63) is 47.3 Å². The van der Waals surface area contributed by atoms with Crippen LogP contribution >= 0.6 is 11.3 Å². The second kappa shape index (κ2) is 7.87. The second-order valence-electron chi connectivity index (χ2n) is 6.56. The van der Waals surface area contributed by atoms with Crippen molar-refractivity contribution in [3.63, 3.8) is 0 Å². The zero-order chi connectivity index (χ0) is 18.6. The lowest BCUT2D eigenvalue weighted by Crippen LogP contribution is -2.39. The largest absolute Gasteiger partial charge is 0.497 e. The van der Waals surface area contributed by atoms with Gasteiger partial charge in [-0.3, -0.25) is 4.79 Å². The molecule has 1 fully saturated rings. The summed E-state index contributed by atoms with van der Waals surface area (Å²) in [5, 5.41) is 14.8. The van der Waals surface area contributed by atoms with Crippen LogP contribution in [0.2, 0.25) is 0 Å². The van der Waals surface area contributed by atoms with Crippen LogP contribution in [0, 0.1) is 0 Å². The molecule has 8 heteroatoms. The van der Waals surface area contributed by atoms with Crippen LogP contribution in [0.3, 0.4) is 0 Å². The number of carbonyl (C=O) groups excluding carboxylic acids is 1. The summed E-state index contributed by atoms with van der Waals surface area (Å²) in [7, 11) is 1.63. The SMILES string of the molecule is COc1cccc(CC(=O)N2CCC[C@@H]2Cn2nnc(-c3cccs3)n2)c1. The number of hydrogen-bond donors (Lipinski definition) is 0. The molecule has 2 aromatic heterocycles. The topological polar surface area (TPSA) is 73.1 Å². The molecule has 0 unspecified atom stereocenters. The summed E-state index contributed by atoms with van der Waals surface area (Å²) in [6.07, 6.45) is 2.33. The van der Waals surface area contributed by atoms with Gasteiger partial charge in [0.1, 0.15) is 5.75 Å². The third-order valence-electron chi connectivity index (χ3n) is 4.76. The lowest BCUT2D eigenvalue weighted by molar-refractivity contribution is -0.131. The molecule has 0 radical (unpaired) electrons. The highest BCUT2D eigenvalue weighted by Gasteiger charge is 2.29. The Kier molecular flexibility index (Phi) is 5.15. The minimum Gasteiger partial charge on any atom is -0.497 e. The zero-order valence-corrected chi connectivity index (χ0v) is 15.9. The van der Waals surface area contributed by atoms with Crippen molar-refractivity contribution in [2.75, 3.05) is 13.7 Å². The van der Waals surface area contributed by atoms with Gasteiger partial charge in [0.15, 0.2) is 0 Å². The Balaban J connectivity index is 1.42. The molecule has 1 aliphatic rings. The maximum absolute atomic E-state index is 12.8. The first-order chi connectivity index (χ1) is 13.2. The fourth-order valence-corrected chi connectivity index (χ4v) is 4.07. The van der Waals surface area contributed by atoms with Crippen molar-refractivity contribution >= 4 is 17.2 Å². The molecule has 7 nitrogen and oxygen atoms in total. The molecule has 0 bridgehead atoms. The van der Waals surface area contributed by atoms with E-state index >= 15 is 0 Å². The highest BCUT2D eigenvalue weighted by Crippen LogP contribution is 2.22. The van der Waals surface area contributed by atoms with Gasteiger partial charge in [0.05, 0.1) is 31.0 Å². The van der Waals surface area contributed by atoms with Crippen molar-refractivity contribution in [1.29, 1.82) is 0 Å². The summed E-state index contributed by atoms with van der Waals surface area (Å²) in [6, 6.07) is 11.7. The molecule has 3 heterocycles. The number of amides is 1. The number of ether oxygens (including phenoxy) is 1. The molecule has 1 aromatic carbocycles. The average Bonchev–Trinajstić information content (AvgIpc) is 3.43. The Bertz CT molecular complexity index is 908. The van der Waals surface area contributed by atoms with E-state index in [1.807, 2.05) is 46.7 Å². The molecule has 1 aliphatic heterocycles. The summed E-state index contributed by atoms with van der Waals surface area (Å²) in [4.78, 5) is 17.4. The Morgan fingerprint density at radius 1 is 1.33 bits per heavy atom. The fraction of sp³-hybridized carbons (Fsp3) is 0.368. The summed E-state index contributed by atoms with van der Waals surface area (Å²) >= 11 is 1.59. The summed E-state index contributed by atoms with van der Waals surface area (Å²) < 4.78 is 5.24. The number of rotatable bonds is 6. The van der Waals surface area contributed by atoms with Gasteiger partial charge >= 0.3 is 0 Å². The number of benzene rings is 1. The zero-order valence-electron chi connectivity index (χ0n) is 15.1. The molecule has 3 aromatic rings. The summed E-state index contributed by atoms with van der Waals surface area (Å²) in [5.74, 6) is 1.53. The number of likely N-dealkylation sites (tertiary alicyclic amines) is 1. The van der Waals surface area contributed by atoms with Gasteiger partial charge in [-0.1, -0.05) is 18.2 Å². The van der Waals surface area contributed by atoms with Crippen LogP contribution in [0.15, 0.2) is 41.8 Å². The Labute approximate surface area is 161 Å². The summed E-state index contributed by atoms with van der Waals surface area (Å²) in [6.45, 7) is 1.35. The molecule has 1 amide bonds. The van der Waals surface area contributed by atoms with Crippen molar-refractivity contribution in [3.8, 4) is 16.5 Å². The number of nitrogens with zero attached hydrogens (tertiary/aromatic N) is 5. The predicted molar refractivity (Wildman–Crippen MR) is 103 cm³/mol. The van der Waals surface area contributed by atoms with E-state index in [4.69, 9.17) is 4.74 Å². The van der Waals surface area contributed by atoms with Crippen molar-refractivity contribution in [1.82, 2.24) is 25.1 Å². The maximum Gasteiger partial charge on any atom is 0.227 e. The first-order valence-corrected chi connectivity index (χ1v) is 9.85. The van der Waals surface area contributed by atoms with Gasteiger partial charge in [0.25, 0.3) is 0 Å². The van der Waals surface area contributed by atoms with Crippen LogP contribution in [0.25, 0.3) is 10.7 Å². The molecular formula is C19H21N5O2S. The first-order valence-electron chi connectivity index (χ1n) is 8.97. The van der Waals surface area contributed by atoms with E-state index < -0.39 is 0 Å². The Morgan fingerprint density at radius 2 is 2.26 bits per heavy atom. The highest BCUT2D eigenvalue weighted by atomic mass is 32.1. The van der Waals surface area contributed by atoms with Gasteiger partial charge in [-0.25, -0.2) is 0 Å². The Hall–Kier alpha value is -2.74. The summed E-state index contributed by atoms with van der Waals surface area (Å²) in [5.41, 5.74) is 0.962. The van der Waals surface area contributed by atoms with E-state index in [0.29, 0.717) is 18.8 Å². The second-order valence-corrected chi connectivity index (χ2v) is 7.50. The number of tetrazole rings is 1. The molecule has 1 saturated heterocycles. The predicted octanol–water partition coefficient (Wildman–Crippen LogP) is 2.64. The molecule has 0 saturated carbocycles. The van der Waals surface area contributed by atoms with Gasteiger partial charge in [-0.05, 0) is 47.2 Å². The molecule has 27 heavy (non-hydrogen) atoms. The van der Waals surface area contributed by atoms with Gasteiger partial charge in [0, 0.05) is 6.54 Å². The molecule has 140 valence electrons. The molecule has 0 N–H and O–H groups in total. The standard InChI is InChI=1S/C19H21N5O2S/c1-26-16-7-2-5-14(11-16)12-18(25)23-9-3-6-15(23)13-24-21-19(20-22-24)17-8-4-10-27-17/h2,4-5,7-8,10-11,15H,3,6,9,12-13H2,1H3/t15-/m1/s1. The van der Waals surface area contributed by atoms with Gasteiger partial charge in [-0.2, -0.15) is 4.80 Å². The van der Waals surface area contributed by atoms with Crippen molar-refractivity contribution in [2.45, 2.75) is 31.8 Å². The quantitative estimate of drug-likeness (QED) is 0.654. The van der Waals surface area contributed by atoms with Crippen LogP contribution < -0.4 is 4.74 Å². The smallest absolute Gasteiger partial charge is 0.227 e. The van der Waals surface area contributed by atoms with Crippen molar-refractivity contribution in [2.24, 2.45) is 0 Å². The normalized spacial score (nSPS) is 16.6. The lowest BCUT2D eigenvalue weighted by atomic mass is 10.1. The number of methoxy groups -OCH3 is 1. The third-order valence-corrected chi connectivity index (χ3v) is 5.62. The number of hydrogen-bond acceptors (Lipinski definition) is 6. The van der Waals surface area contributed by atoms with Gasteiger partial charge in [-0.15, -0.1) is 21.5 Å². The Morgan fingerprint density at radius 3 is 3.07 bits per heavy atom.